The summed E-state index contributed by atoms with van der Waals surface area (Å²) in [5, 5.41) is 12.7. The molecule has 0 radical (unpaired) electrons. The van der Waals surface area contributed by atoms with Gasteiger partial charge in [-0.3, -0.25) is 9.59 Å². The minimum absolute atomic E-state index is 0.0130. The van der Waals surface area contributed by atoms with Crippen LogP contribution in [0.25, 0.3) is 0 Å². The summed E-state index contributed by atoms with van der Waals surface area (Å²) < 4.78 is 16.8. The Balaban J connectivity index is 1.38. The van der Waals surface area contributed by atoms with Gasteiger partial charge in [0.05, 0.1) is 31.7 Å². The number of carbonyl (C=O) groups is 2. The molecule has 38 heavy (non-hydrogen) atoms. The molecule has 2 aromatic carbocycles. The molecule has 0 bridgehead atoms. The molecule has 1 atom stereocenters. The third-order valence-electron chi connectivity index (χ3n) is 7.05. The van der Waals surface area contributed by atoms with Gasteiger partial charge in [-0.25, -0.2) is 5.01 Å². The highest BCUT2D eigenvalue weighted by atomic mass is 16.5. The van der Waals surface area contributed by atoms with E-state index in [1.807, 2.05) is 36.4 Å². The molecule has 1 fully saturated rings. The average molecular weight is 517 g/mol. The molecule has 0 saturated heterocycles. The molecule has 1 N–H and O–H groups in total. The van der Waals surface area contributed by atoms with Crippen LogP contribution in [0.4, 0.5) is 5.69 Å². The molecule has 198 valence electrons. The molecular weight excluding hydrogens is 484 g/mol. The molecule has 1 unspecified atom stereocenters. The summed E-state index contributed by atoms with van der Waals surface area (Å²) in [6, 6.07) is 14.7. The number of hydrogen-bond acceptors (Lipinski definition) is 7. The van der Waals surface area contributed by atoms with Gasteiger partial charge in [0.15, 0.2) is 11.5 Å². The van der Waals surface area contributed by atoms with Crippen molar-refractivity contribution in [3.05, 3.63) is 71.6 Å². The summed E-state index contributed by atoms with van der Waals surface area (Å²) in [6.45, 7) is 2.36. The minimum Gasteiger partial charge on any atom is -0.493 e. The minimum atomic E-state index is -0.394. The van der Waals surface area contributed by atoms with Crippen LogP contribution in [0.2, 0.25) is 0 Å². The number of carbonyl (C=O) groups excluding carboxylic acids is 2. The number of ether oxygens (including phenoxy) is 2. The largest absolute Gasteiger partial charge is 0.493 e. The van der Waals surface area contributed by atoms with Gasteiger partial charge in [-0.2, -0.15) is 5.10 Å². The van der Waals surface area contributed by atoms with Crippen LogP contribution in [0.1, 0.15) is 67.1 Å². The number of rotatable bonds is 9. The van der Waals surface area contributed by atoms with Crippen molar-refractivity contribution in [1.82, 2.24) is 10.2 Å². The van der Waals surface area contributed by atoms with Crippen LogP contribution in [-0.2, 0) is 11.3 Å². The van der Waals surface area contributed by atoms with Gasteiger partial charge in [-0.05, 0) is 68.0 Å². The Morgan fingerprint density at radius 3 is 2.71 bits per heavy atom. The van der Waals surface area contributed by atoms with Gasteiger partial charge < -0.3 is 19.3 Å². The summed E-state index contributed by atoms with van der Waals surface area (Å²) >= 11 is 0. The zero-order chi connectivity index (χ0) is 26.5. The van der Waals surface area contributed by atoms with E-state index >= 15 is 0 Å². The van der Waals surface area contributed by atoms with E-state index in [1.165, 1.54) is 30.1 Å². The van der Waals surface area contributed by atoms with E-state index in [1.54, 1.807) is 13.2 Å². The number of nitrogens with one attached hydrogen (secondary N) is 1. The van der Waals surface area contributed by atoms with E-state index < -0.39 is 5.91 Å². The van der Waals surface area contributed by atoms with Gasteiger partial charge >= 0.3 is 0 Å². The molecule has 1 saturated carbocycles. The van der Waals surface area contributed by atoms with Crippen molar-refractivity contribution in [3.63, 3.8) is 0 Å². The maximum atomic E-state index is 13.0. The fourth-order valence-corrected chi connectivity index (χ4v) is 4.99. The highest BCUT2D eigenvalue weighted by Gasteiger charge is 2.30. The van der Waals surface area contributed by atoms with Gasteiger partial charge in [-0.15, -0.1) is 0 Å². The Hall–Kier alpha value is -4.14. The van der Waals surface area contributed by atoms with E-state index in [0.29, 0.717) is 23.6 Å². The van der Waals surface area contributed by atoms with Crippen LogP contribution < -0.4 is 14.8 Å². The fourth-order valence-electron chi connectivity index (χ4n) is 4.99. The van der Waals surface area contributed by atoms with Crippen molar-refractivity contribution in [2.75, 3.05) is 12.4 Å². The fraction of sp³-hybridized carbons (Fsp3) is 0.379. The number of amides is 2. The van der Waals surface area contributed by atoms with Gasteiger partial charge in [0.25, 0.3) is 5.91 Å². The predicted molar refractivity (Wildman–Crippen MR) is 142 cm³/mol. The van der Waals surface area contributed by atoms with E-state index in [0.717, 1.165) is 36.1 Å². The molecule has 1 aliphatic carbocycles. The Labute approximate surface area is 221 Å². The van der Waals surface area contributed by atoms with Crippen LogP contribution in [0.15, 0.2) is 64.4 Å². The van der Waals surface area contributed by atoms with Crippen molar-refractivity contribution < 1.29 is 23.6 Å². The van der Waals surface area contributed by atoms with Crippen LogP contribution in [0.5, 0.6) is 11.5 Å². The van der Waals surface area contributed by atoms with Crippen LogP contribution in [0, 0.1) is 5.92 Å². The Morgan fingerprint density at radius 2 is 1.97 bits per heavy atom. The molecule has 5 rings (SSSR count). The molecule has 9 heteroatoms. The third kappa shape index (κ3) is 5.72. The second kappa shape index (κ2) is 11.5. The van der Waals surface area contributed by atoms with Crippen LogP contribution in [0.3, 0.4) is 0 Å². The van der Waals surface area contributed by atoms with Crippen molar-refractivity contribution >= 4 is 23.2 Å². The lowest BCUT2D eigenvalue weighted by Gasteiger charge is -2.29. The lowest BCUT2D eigenvalue weighted by Crippen LogP contribution is -2.36. The Kier molecular flexibility index (Phi) is 7.72. The number of hydrogen-bond donors (Lipinski definition) is 1. The zero-order valence-electron chi connectivity index (χ0n) is 21.7. The maximum Gasteiger partial charge on any atom is 0.294 e. The van der Waals surface area contributed by atoms with E-state index in [-0.39, 0.29) is 30.2 Å². The quantitative estimate of drug-likeness (QED) is 0.407. The topological polar surface area (TPSA) is 106 Å². The molecule has 2 heterocycles. The highest BCUT2D eigenvalue weighted by Crippen LogP contribution is 2.35. The smallest absolute Gasteiger partial charge is 0.294 e. The summed E-state index contributed by atoms with van der Waals surface area (Å²) in [4.78, 5) is 25.4. The first-order valence-corrected chi connectivity index (χ1v) is 13.1. The lowest BCUT2D eigenvalue weighted by atomic mass is 9.89. The summed E-state index contributed by atoms with van der Waals surface area (Å²) in [5.74, 6) is 1.12. The van der Waals surface area contributed by atoms with Crippen molar-refractivity contribution in [2.45, 2.75) is 58.1 Å². The van der Waals surface area contributed by atoms with E-state index in [4.69, 9.17) is 19.1 Å². The van der Waals surface area contributed by atoms with Crippen molar-refractivity contribution in [2.24, 2.45) is 11.0 Å². The third-order valence-corrected chi connectivity index (χ3v) is 7.05. The first-order valence-electron chi connectivity index (χ1n) is 13.1. The molecule has 9 nitrogen and oxygen atoms in total. The lowest BCUT2D eigenvalue weighted by molar-refractivity contribution is -0.133. The standard InChI is InChI=1S/C29H32N4O5/c1-3-20-17-27(34)33(18-19-7-6-8-22(15-19)31-29(35)25-13-14-30-38-25)32-28(20)21-11-12-24(36-2)26(16-21)37-23-9-4-5-10-23/h6-8,11-16,20,23H,3-5,9-10,17-18H2,1-2H3,(H,31,35). The van der Waals surface area contributed by atoms with Gasteiger partial charge in [0.2, 0.25) is 11.7 Å². The second-order valence-electron chi connectivity index (χ2n) is 9.67. The number of benzene rings is 2. The number of aromatic nitrogens is 1. The maximum absolute atomic E-state index is 13.0. The van der Waals surface area contributed by atoms with E-state index in [2.05, 4.69) is 17.4 Å². The highest BCUT2D eigenvalue weighted by molar-refractivity contribution is 6.06. The number of hydrazone groups is 1. The monoisotopic (exact) mass is 516 g/mol. The van der Waals surface area contributed by atoms with Crippen molar-refractivity contribution in [3.8, 4) is 11.5 Å². The summed E-state index contributed by atoms with van der Waals surface area (Å²) in [6.07, 6.45) is 7.24. The number of nitrogens with zero attached hydrogens (tertiary/aromatic N) is 3. The molecule has 1 aliphatic heterocycles. The second-order valence-corrected chi connectivity index (χ2v) is 9.67. The van der Waals surface area contributed by atoms with Gasteiger partial charge in [0, 0.05) is 29.7 Å². The van der Waals surface area contributed by atoms with Crippen LogP contribution in [-0.4, -0.2) is 40.9 Å². The van der Waals surface area contributed by atoms with Gasteiger partial charge in [0.1, 0.15) is 0 Å². The number of anilines is 1. The first kappa shape index (κ1) is 25.5. The summed E-state index contributed by atoms with van der Waals surface area (Å²) in [5.41, 5.74) is 3.22. The molecule has 0 spiro atoms. The Bertz CT molecular complexity index is 1310. The van der Waals surface area contributed by atoms with E-state index in [9.17, 15) is 9.59 Å². The normalized spacial score (nSPS) is 17.8. The van der Waals surface area contributed by atoms with Gasteiger partial charge in [-0.1, -0.05) is 24.2 Å². The SMILES string of the molecule is CCC1CC(=O)N(Cc2cccc(NC(=O)c3ccno3)c2)N=C1c1ccc(OC)c(OC2CCCC2)c1. The summed E-state index contributed by atoms with van der Waals surface area (Å²) in [7, 11) is 1.64. The predicted octanol–water partition coefficient (Wildman–Crippen LogP) is 5.42. The molecule has 2 amide bonds. The average Bonchev–Trinajstić information content (AvgIpc) is 3.65. The Morgan fingerprint density at radius 1 is 1.13 bits per heavy atom. The molecule has 2 aliphatic rings. The van der Waals surface area contributed by atoms with Crippen molar-refractivity contribution in [1.29, 1.82) is 0 Å². The van der Waals surface area contributed by atoms with Crippen LogP contribution >= 0.6 is 0 Å². The molecular formula is C29H32N4O5. The number of methoxy groups -OCH3 is 1. The molecule has 1 aromatic heterocycles. The first-order chi connectivity index (χ1) is 18.5. The molecule has 3 aromatic rings. The zero-order valence-corrected chi connectivity index (χ0v) is 21.7.